The lowest BCUT2D eigenvalue weighted by Gasteiger charge is -2.12. The highest BCUT2D eigenvalue weighted by atomic mass is 19.4. The molecule has 0 bridgehead atoms. The molecule has 0 spiro atoms. The van der Waals surface area contributed by atoms with Crippen molar-refractivity contribution in [3.05, 3.63) is 35.4 Å². The molecule has 0 saturated heterocycles. The number of halogens is 3. The van der Waals surface area contributed by atoms with Crippen LogP contribution in [0.5, 0.6) is 5.75 Å². The Hall–Kier alpha value is -1.49. The maximum Gasteiger partial charge on any atom is 0.573 e. The SMILES string of the molecule is CCCNCC(=Cc1ccccc1OC(F)(F)F)CC. The van der Waals surface area contributed by atoms with Crippen molar-refractivity contribution in [2.24, 2.45) is 0 Å². The van der Waals surface area contributed by atoms with Crippen LogP contribution in [0.2, 0.25) is 0 Å². The van der Waals surface area contributed by atoms with Gasteiger partial charge in [-0.3, -0.25) is 0 Å². The monoisotopic (exact) mass is 287 g/mol. The minimum Gasteiger partial charge on any atom is -0.405 e. The molecule has 112 valence electrons. The fourth-order valence-corrected chi connectivity index (χ4v) is 1.74. The Morgan fingerprint density at radius 3 is 2.55 bits per heavy atom. The zero-order chi connectivity index (χ0) is 15.0. The van der Waals surface area contributed by atoms with Crippen molar-refractivity contribution in [1.29, 1.82) is 0 Å². The molecule has 0 aliphatic heterocycles. The number of hydrogen-bond acceptors (Lipinski definition) is 2. The number of nitrogens with one attached hydrogen (secondary N) is 1. The van der Waals surface area contributed by atoms with E-state index in [4.69, 9.17) is 0 Å². The Morgan fingerprint density at radius 1 is 1.25 bits per heavy atom. The summed E-state index contributed by atoms with van der Waals surface area (Å²) in [5.41, 5.74) is 1.48. The highest BCUT2D eigenvalue weighted by Crippen LogP contribution is 2.27. The molecule has 0 amide bonds. The largest absolute Gasteiger partial charge is 0.573 e. The van der Waals surface area contributed by atoms with Crippen LogP contribution in [0.25, 0.3) is 6.08 Å². The first-order valence-electron chi connectivity index (χ1n) is 6.71. The zero-order valence-corrected chi connectivity index (χ0v) is 11.8. The molecule has 2 nitrogen and oxygen atoms in total. The molecule has 20 heavy (non-hydrogen) atoms. The molecular formula is C15H20F3NO. The number of benzene rings is 1. The molecular weight excluding hydrogens is 267 g/mol. The Kier molecular flexibility index (Phi) is 6.58. The van der Waals surface area contributed by atoms with Gasteiger partial charge in [-0.1, -0.05) is 43.7 Å². The molecule has 0 atom stereocenters. The van der Waals surface area contributed by atoms with E-state index in [-0.39, 0.29) is 5.75 Å². The summed E-state index contributed by atoms with van der Waals surface area (Å²) >= 11 is 0. The van der Waals surface area contributed by atoms with E-state index in [0.717, 1.165) is 25.0 Å². The van der Waals surface area contributed by atoms with Gasteiger partial charge in [0.2, 0.25) is 0 Å². The van der Waals surface area contributed by atoms with Crippen LogP contribution in [0.3, 0.4) is 0 Å². The van der Waals surface area contributed by atoms with E-state index in [0.29, 0.717) is 12.1 Å². The van der Waals surface area contributed by atoms with Gasteiger partial charge in [0.1, 0.15) is 5.75 Å². The van der Waals surface area contributed by atoms with Gasteiger partial charge in [0.15, 0.2) is 0 Å². The highest BCUT2D eigenvalue weighted by molar-refractivity contribution is 5.60. The predicted molar refractivity (Wildman–Crippen MR) is 74.6 cm³/mol. The van der Waals surface area contributed by atoms with Crippen LogP contribution in [0, 0.1) is 0 Å². The second-order valence-corrected chi connectivity index (χ2v) is 4.42. The van der Waals surface area contributed by atoms with Crippen LogP contribution in [0.4, 0.5) is 13.2 Å². The predicted octanol–water partition coefficient (Wildman–Crippen LogP) is 4.38. The van der Waals surface area contributed by atoms with E-state index < -0.39 is 6.36 Å². The lowest BCUT2D eigenvalue weighted by molar-refractivity contribution is -0.274. The maximum atomic E-state index is 12.3. The summed E-state index contributed by atoms with van der Waals surface area (Å²) in [5, 5.41) is 3.24. The average molecular weight is 287 g/mol. The van der Waals surface area contributed by atoms with E-state index in [1.54, 1.807) is 18.2 Å². The molecule has 0 radical (unpaired) electrons. The third-order valence-electron chi connectivity index (χ3n) is 2.74. The average Bonchev–Trinajstić information content (AvgIpc) is 2.38. The smallest absolute Gasteiger partial charge is 0.405 e. The van der Waals surface area contributed by atoms with Gasteiger partial charge in [0, 0.05) is 12.1 Å². The number of para-hydroxylation sites is 1. The molecule has 5 heteroatoms. The Balaban J connectivity index is 2.88. The van der Waals surface area contributed by atoms with Gasteiger partial charge in [-0.2, -0.15) is 0 Å². The molecule has 1 aromatic rings. The molecule has 0 fully saturated rings. The Labute approximate surface area is 117 Å². The first-order chi connectivity index (χ1) is 9.46. The van der Waals surface area contributed by atoms with Crippen molar-refractivity contribution in [3.8, 4) is 5.75 Å². The number of hydrogen-bond donors (Lipinski definition) is 1. The Morgan fingerprint density at radius 2 is 1.95 bits per heavy atom. The normalized spacial score (nSPS) is 12.6. The number of ether oxygens (including phenoxy) is 1. The summed E-state index contributed by atoms with van der Waals surface area (Å²) in [6.45, 7) is 5.60. The molecule has 0 aliphatic carbocycles. The lowest BCUT2D eigenvalue weighted by Crippen LogP contribution is -2.18. The van der Waals surface area contributed by atoms with Crippen molar-refractivity contribution >= 4 is 6.08 Å². The third-order valence-corrected chi connectivity index (χ3v) is 2.74. The quantitative estimate of drug-likeness (QED) is 0.751. The van der Waals surface area contributed by atoms with Gasteiger partial charge in [-0.25, -0.2) is 0 Å². The summed E-state index contributed by atoms with van der Waals surface area (Å²) in [4.78, 5) is 0. The first-order valence-corrected chi connectivity index (χ1v) is 6.71. The zero-order valence-electron chi connectivity index (χ0n) is 11.8. The molecule has 0 saturated carbocycles. The van der Waals surface area contributed by atoms with E-state index >= 15 is 0 Å². The van der Waals surface area contributed by atoms with Crippen LogP contribution in [0.15, 0.2) is 29.8 Å². The maximum absolute atomic E-state index is 12.3. The van der Waals surface area contributed by atoms with Crippen LogP contribution in [-0.4, -0.2) is 19.5 Å². The van der Waals surface area contributed by atoms with E-state index in [1.165, 1.54) is 12.1 Å². The van der Waals surface area contributed by atoms with Crippen molar-refractivity contribution < 1.29 is 17.9 Å². The summed E-state index contributed by atoms with van der Waals surface area (Å²) in [5.74, 6) is -0.165. The van der Waals surface area contributed by atoms with Gasteiger partial charge in [0.05, 0.1) is 0 Å². The summed E-state index contributed by atoms with van der Waals surface area (Å²) < 4.78 is 41.0. The third kappa shape index (κ3) is 6.10. The molecule has 0 aliphatic rings. The van der Waals surface area contributed by atoms with Crippen molar-refractivity contribution in [2.75, 3.05) is 13.1 Å². The fraction of sp³-hybridized carbons (Fsp3) is 0.467. The molecule has 0 aromatic heterocycles. The van der Waals surface area contributed by atoms with Gasteiger partial charge < -0.3 is 10.1 Å². The van der Waals surface area contributed by atoms with Gasteiger partial charge in [0.25, 0.3) is 0 Å². The topological polar surface area (TPSA) is 21.3 Å². The van der Waals surface area contributed by atoms with Gasteiger partial charge in [-0.05, 0) is 25.5 Å². The van der Waals surface area contributed by atoms with Crippen LogP contribution < -0.4 is 10.1 Å². The molecule has 1 N–H and O–H groups in total. The van der Waals surface area contributed by atoms with Gasteiger partial charge >= 0.3 is 6.36 Å². The standard InChI is InChI=1S/C15H20F3NO/c1-3-9-19-11-12(4-2)10-13-7-5-6-8-14(13)20-15(16,17)18/h5-8,10,19H,3-4,9,11H2,1-2H3. The summed E-state index contributed by atoms with van der Waals surface area (Å²) in [6, 6.07) is 6.17. The second-order valence-electron chi connectivity index (χ2n) is 4.42. The van der Waals surface area contributed by atoms with Crippen molar-refractivity contribution in [1.82, 2.24) is 5.32 Å². The van der Waals surface area contributed by atoms with E-state index in [1.807, 2.05) is 6.92 Å². The molecule has 1 aromatic carbocycles. The van der Waals surface area contributed by atoms with Crippen molar-refractivity contribution in [3.63, 3.8) is 0 Å². The molecule has 0 heterocycles. The minimum atomic E-state index is -4.67. The van der Waals surface area contributed by atoms with E-state index in [2.05, 4.69) is 17.0 Å². The first kappa shape index (κ1) is 16.6. The number of rotatable bonds is 7. The summed E-state index contributed by atoms with van der Waals surface area (Å²) in [7, 11) is 0. The highest BCUT2D eigenvalue weighted by Gasteiger charge is 2.31. The van der Waals surface area contributed by atoms with E-state index in [9.17, 15) is 13.2 Å². The van der Waals surface area contributed by atoms with Crippen LogP contribution in [-0.2, 0) is 0 Å². The second kappa shape index (κ2) is 7.94. The lowest BCUT2D eigenvalue weighted by atomic mass is 10.1. The fourth-order valence-electron chi connectivity index (χ4n) is 1.74. The molecule has 0 unspecified atom stereocenters. The van der Waals surface area contributed by atoms with Crippen LogP contribution >= 0.6 is 0 Å². The van der Waals surface area contributed by atoms with Crippen LogP contribution in [0.1, 0.15) is 32.3 Å². The number of alkyl halides is 3. The minimum absolute atomic E-state index is 0.165. The molecule has 1 rings (SSSR count). The van der Waals surface area contributed by atoms with Gasteiger partial charge in [-0.15, -0.1) is 13.2 Å². The van der Waals surface area contributed by atoms with Crippen molar-refractivity contribution in [2.45, 2.75) is 33.1 Å². The summed E-state index contributed by atoms with van der Waals surface area (Å²) in [6.07, 6.45) is -1.12. The Bertz CT molecular complexity index is 441.